The molecule has 2 N–H and O–H groups in total. The lowest BCUT2D eigenvalue weighted by Gasteiger charge is -2.22. The van der Waals surface area contributed by atoms with Gasteiger partial charge in [-0.3, -0.25) is 0 Å². The highest BCUT2D eigenvalue weighted by Gasteiger charge is 2.29. The highest BCUT2D eigenvalue weighted by atomic mass is 35.5. The fraction of sp³-hybridized carbons (Fsp3) is 0.538. The molecule has 0 saturated heterocycles. The van der Waals surface area contributed by atoms with Crippen LogP contribution in [0.2, 0.25) is 10.0 Å². The molecule has 0 spiro atoms. The minimum Gasteiger partial charge on any atom is -0.391 e. The molecule has 0 heterocycles. The first-order valence-corrected chi connectivity index (χ1v) is 8.80. The molecule has 0 aromatic heterocycles. The van der Waals surface area contributed by atoms with Crippen molar-refractivity contribution in [1.29, 1.82) is 0 Å². The molecule has 2 atom stereocenters. The van der Waals surface area contributed by atoms with Crippen LogP contribution in [-0.2, 0) is 10.0 Å². The molecule has 1 fully saturated rings. The summed E-state index contributed by atoms with van der Waals surface area (Å²) in [4.78, 5) is -0.125. The van der Waals surface area contributed by atoms with Gasteiger partial charge in [-0.15, -0.1) is 0 Å². The number of halogens is 2. The zero-order valence-corrected chi connectivity index (χ0v) is 13.2. The maximum absolute atomic E-state index is 12.4. The van der Waals surface area contributed by atoms with Gasteiger partial charge in [0.25, 0.3) is 0 Å². The largest absolute Gasteiger partial charge is 0.391 e. The number of hydrogen-bond donors (Lipinski definition) is 2. The van der Waals surface area contributed by atoms with E-state index in [0.717, 1.165) is 19.3 Å². The lowest BCUT2D eigenvalue weighted by molar-refractivity contribution is 0.130. The molecule has 112 valence electrons. The molecule has 0 aliphatic heterocycles. The van der Waals surface area contributed by atoms with E-state index < -0.39 is 22.2 Å². The zero-order valence-electron chi connectivity index (χ0n) is 10.9. The number of sulfonamides is 1. The van der Waals surface area contributed by atoms with Gasteiger partial charge in [-0.05, 0) is 25.0 Å². The SMILES string of the molecule is O=S(=O)(NC1CCCCCC1O)c1c(Cl)cccc1Cl. The fourth-order valence-electron chi connectivity index (χ4n) is 2.42. The van der Waals surface area contributed by atoms with Crippen LogP contribution in [0.25, 0.3) is 0 Å². The number of hydrogen-bond acceptors (Lipinski definition) is 3. The molecule has 0 bridgehead atoms. The van der Waals surface area contributed by atoms with E-state index in [9.17, 15) is 13.5 Å². The molecule has 1 aliphatic carbocycles. The molecule has 20 heavy (non-hydrogen) atoms. The van der Waals surface area contributed by atoms with Gasteiger partial charge in [0.2, 0.25) is 10.0 Å². The average molecular weight is 338 g/mol. The monoisotopic (exact) mass is 337 g/mol. The lowest BCUT2D eigenvalue weighted by atomic mass is 10.1. The Kier molecular flexibility index (Phi) is 5.31. The molecule has 1 aromatic carbocycles. The second kappa shape index (κ2) is 6.62. The van der Waals surface area contributed by atoms with Gasteiger partial charge in [-0.1, -0.05) is 48.5 Å². The van der Waals surface area contributed by atoms with E-state index in [2.05, 4.69) is 4.72 Å². The fourth-order valence-corrected chi connectivity index (χ4v) is 4.87. The van der Waals surface area contributed by atoms with Crippen LogP contribution in [0.3, 0.4) is 0 Å². The summed E-state index contributed by atoms with van der Waals surface area (Å²) >= 11 is 11.9. The molecule has 1 aromatic rings. The van der Waals surface area contributed by atoms with Crippen LogP contribution in [0.4, 0.5) is 0 Å². The third-order valence-electron chi connectivity index (χ3n) is 3.47. The predicted molar refractivity (Wildman–Crippen MR) is 79.7 cm³/mol. The van der Waals surface area contributed by atoms with Crippen molar-refractivity contribution in [2.45, 2.75) is 49.1 Å². The Bertz CT molecular complexity index is 557. The van der Waals surface area contributed by atoms with Gasteiger partial charge in [0.15, 0.2) is 0 Å². The number of rotatable bonds is 3. The standard InChI is InChI=1S/C13H17Cl2NO3S/c14-9-5-4-6-10(15)13(9)20(18,19)16-11-7-2-1-3-8-12(11)17/h4-6,11-12,16-17H,1-3,7-8H2. The summed E-state index contributed by atoms with van der Waals surface area (Å²) in [6.07, 6.45) is 3.34. The van der Waals surface area contributed by atoms with Gasteiger partial charge >= 0.3 is 0 Å². The van der Waals surface area contributed by atoms with Gasteiger partial charge in [-0.25, -0.2) is 13.1 Å². The zero-order chi connectivity index (χ0) is 14.8. The number of benzene rings is 1. The molecular weight excluding hydrogens is 321 g/mol. The van der Waals surface area contributed by atoms with E-state index in [-0.39, 0.29) is 14.9 Å². The van der Waals surface area contributed by atoms with E-state index in [1.807, 2.05) is 0 Å². The first-order chi connectivity index (χ1) is 9.42. The van der Waals surface area contributed by atoms with Crippen molar-refractivity contribution in [3.8, 4) is 0 Å². The first-order valence-electron chi connectivity index (χ1n) is 6.56. The summed E-state index contributed by atoms with van der Waals surface area (Å²) in [7, 11) is -3.84. The van der Waals surface area contributed by atoms with Crippen LogP contribution in [0.5, 0.6) is 0 Å². The first kappa shape index (κ1) is 16.0. The predicted octanol–water partition coefficient (Wildman–Crippen LogP) is 2.97. The summed E-state index contributed by atoms with van der Waals surface area (Å²) in [6, 6.07) is 4.05. The molecule has 4 nitrogen and oxygen atoms in total. The van der Waals surface area contributed by atoms with Crippen molar-refractivity contribution in [1.82, 2.24) is 4.72 Å². The van der Waals surface area contributed by atoms with E-state index in [1.54, 1.807) is 6.07 Å². The van der Waals surface area contributed by atoms with Crippen molar-refractivity contribution in [2.75, 3.05) is 0 Å². The third-order valence-corrected chi connectivity index (χ3v) is 5.92. The van der Waals surface area contributed by atoms with Gasteiger partial charge in [0.05, 0.1) is 16.1 Å². The summed E-state index contributed by atoms with van der Waals surface area (Å²) in [5.74, 6) is 0. The highest BCUT2D eigenvalue weighted by molar-refractivity contribution is 7.89. The Hall–Kier alpha value is -0.330. The van der Waals surface area contributed by atoms with Crippen LogP contribution in [-0.4, -0.2) is 25.7 Å². The topological polar surface area (TPSA) is 66.4 Å². The highest BCUT2D eigenvalue weighted by Crippen LogP contribution is 2.30. The van der Waals surface area contributed by atoms with Crippen molar-refractivity contribution < 1.29 is 13.5 Å². The lowest BCUT2D eigenvalue weighted by Crippen LogP contribution is -2.42. The Balaban J connectivity index is 2.26. The summed E-state index contributed by atoms with van der Waals surface area (Å²) in [6.45, 7) is 0. The maximum Gasteiger partial charge on any atom is 0.243 e. The van der Waals surface area contributed by atoms with Gasteiger partial charge < -0.3 is 5.11 Å². The molecule has 7 heteroatoms. The van der Waals surface area contributed by atoms with Crippen molar-refractivity contribution in [3.05, 3.63) is 28.2 Å². The minimum atomic E-state index is -3.84. The third kappa shape index (κ3) is 3.65. The Morgan fingerprint density at radius 2 is 1.70 bits per heavy atom. The number of nitrogens with one attached hydrogen (secondary N) is 1. The van der Waals surface area contributed by atoms with E-state index in [0.29, 0.717) is 12.8 Å². The van der Waals surface area contributed by atoms with Crippen molar-refractivity contribution in [2.24, 2.45) is 0 Å². The van der Waals surface area contributed by atoms with Crippen LogP contribution in [0.1, 0.15) is 32.1 Å². The molecule has 1 saturated carbocycles. The van der Waals surface area contributed by atoms with Crippen molar-refractivity contribution in [3.63, 3.8) is 0 Å². The Labute approximate surface area is 129 Å². The molecule has 0 amide bonds. The molecule has 0 radical (unpaired) electrons. The quantitative estimate of drug-likeness (QED) is 0.833. The number of aliphatic hydroxyl groups is 1. The van der Waals surface area contributed by atoms with Gasteiger partial charge in [-0.2, -0.15) is 0 Å². The van der Waals surface area contributed by atoms with Crippen LogP contribution in [0.15, 0.2) is 23.1 Å². The maximum atomic E-state index is 12.4. The van der Waals surface area contributed by atoms with E-state index in [4.69, 9.17) is 23.2 Å². The second-order valence-corrected chi connectivity index (χ2v) is 7.45. The molecule has 2 rings (SSSR count). The van der Waals surface area contributed by atoms with E-state index >= 15 is 0 Å². The van der Waals surface area contributed by atoms with E-state index in [1.165, 1.54) is 12.1 Å². The summed E-state index contributed by atoms with van der Waals surface area (Å²) in [5.41, 5.74) is 0. The Morgan fingerprint density at radius 3 is 2.35 bits per heavy atom. The van der Waals surface area contributed by atoms with Gasteiger partial charge in [0.1, 0.15) is 4.90 Å². The second-order valence-electron chi connectivity index (χ2n) is 4.98. The van der Waals surface area contributed by atoms with Crippen LogP contribution in [0, 0.1) is 0 Å². The smallest absolute Gasteiger partial charge is 0.243 e. The normalized spacial score (nSPS) is 24.4. The Morgan fingerprint density at radius 1 is 1.10 bits per heavy atom. The van der Waals surface area contributed by atoms with Crippen LogP contribution >= 0.6 is 23.2 Å². The van der Waals surface area contributed by atoms with Gasteiger partial charge in [0, 0.05) is 6.04 Å². The average Bonchev–Trinajstić information content (AvgIpc) is 2.54. The summed E-state index contributed by atoms with van der Waals surface area (Å²) < 4.78 is 27.4. The molecule has 1 aliphatic rings. The molecular formula is C13H17Cl2NO3S. The minimum absolute atomic E-state index is 0.0770. The number of aliphatic hydroxyl groups excluding tert-OH is 1. The van der Waals surface area contributed by atoms with Crippen molar-refractivity contribution >= 4 is 33.2 Å². The molecule has 2 unspecified atom stereocenters. The van der Waals surface area contributed by atoms with Crippen LogP contribution < -0.4 is 4.72 Å². The summed E-state index contributed by atoms with van der Waals surface area (Å²) in [5, 5.41) is 10.2.